The van der Waals surface area contributed by atoms with Crippen LogP contribution in [0.1, 0.15) is 37.2 Å². The average Bonchev–Trinajstić information content (AvgIpc) is 2.99. The molecule has 1 aliphatic rings. The van der Waals surface area contributed by atoms with Crippen molar-refractivity contribution < 1.29 is 18.0 Å². The van der Waals surface area contributed by atoms with Crippen LogP contribution in [0.2, 0.25) is 0 Å². The van der Waals surface area contributed by atoms with Gasteiger partial charge in [-0.2, -0.15) is 0 Å². The first kappa shape index (κ1) is 20.9. The molecule has 0 saturated heterocycles. The van der Waals surface area contributed by atoms with Gasteiger partial charge in [0.05, 0.1) is 11.2 Å². The van der Waals surface area contributed by atoms with Crippen molar-refractivity contribution in [3.05, 3.63) is 59.4 Å². The molecule has 4 N–H and O–H groups in total. The molecule has 3 aromatic rings. The van der Waals surface area contributed by atoms with Crippen LogP contribution in [0.15, 0.2) is 36.4 Å². The number of H-pyrrole nitrogens is 1. The zero-order chi connectivity index (χ0) is 21.0. The van der Waals surface area contributed by atoms with E-state index in [-0.39, 0.29) is 11.7 Å². The van der Waals surface area contributed by atoms with Crippen LogP contribution in [-0.4, -0.2) is 24.5 Å². The van der Waals surface area contributed by atoms with Crippen LogP contribution in [0.5, 0.6) is 0 Å². The first-order chi connectivity index (χ1) is 13.9. The summed E-state index contributed by atoms with van der Waals surface area (Å²) in [4.78, 5) is 13.0. The van der Waals surface area contributed by atoms with Crippen molar-refractivity contribution >= 4 is 16.8 Å². The van der Waals surface area contributed by atoms with Gasteiger partial charge in [0.2, 0.25) is 5.91 Å². The summed E-state index contributed by atoms with van der Waals surface area (Å²) in [7, 11) is 1.78. The molecule has 1 aliphatic carbocycles. The second kappa shape index (κ2) is 9.13. The van der Waals surface area contributed by atoms with Crippen molar-refractivity contribution in [1.29, 1.82) is 0 Å². The summed E-state index contributed by atoms with van der Waals surface area (Å²) in [6.07, 6.45) is 3.58. The molecule has 29 heavy (non-hydrogen) atoms. The molecule has 1 fully saturated rings. The van der Waals surface area contributed by atoms with Gasteiger partial charge in [0.25, 0.3) is 0 Å². The second-order valence-corrected chi connectivity index (χ2v) is 7.18. The van der Waals surface area contributed by atoms with E-state index in [1.165, 1.54) is 18.2 Å². The van der Waals surface area contributed by atoms with Crippen LogP contribution in [0.4, 0.5) is 13.2 Å². The Hall–Kier alpha value is -2.80. The normalized spacial score (nSPS) is 13.7. The molecule has 0 aliphatic heterocycles. The maximum Gasteiger partial charge on any atom is 0.218 e. The first-order valence-corrected chi connectivity index (χ1v) is 9.60. The molecule has 0 spiro atoms. The summed E-state index contributed by atoms with van der Waals surface area (Å²) in [6.45, 7) is 0.676. The molecule has 1 heterocycles. The topological polar surface area (TPSA) is 70.9 Å². The van der Waals surface area contributed by atoms with Gasteiger partial charge in [0.1, 0.15) is 17.5 Å². The van der Waals surface area contributed by atoms with E-state index in [0.29, 0.717) is 29.8 Å². The maximum absolute atomic E-state index is 14.1. The van der Waals surface area contributed by atoms with Crippen molar-refractivity contribution in [2.24, 2.45) is 5.73 Å². The predicted octanol–water partition coefficient (Wildman–Crippen LogP) is 4.60. The van der Waals surface area contributed by atoms with Crippen LogP contribution in [0.3, 0.4) is 0 Å². The number of fused-ring (bicyclic) bond motifs is 1. The SMILES string of the molecule is CNCCC(N)=O.Fc1ccc(-c2[nH]c3c(F)cc(F)cc3c2C2CCC2)cc1. The fourth-order valence-electron chi connectivity index (χ4n) is 3.45. The van der Waals surface area contributed by atoms with E-state index in [2.05, 4.69) is 10.3 Å². The Morgan fingerprint density at radius 1 is 1.14 bits per heavy atom. The summed E-state index contributed by atoms with van der Waals surface area (Å²) in [5, 5.41) is 3.40. The minimum atomic E-state index is -0.594. The standard InChI is InChI=1S/C18H14F3N.C4H10N2O/c19-12-6-4-11(5-7-12)17-16(10-2-1-3-10)14-8-13(20)9-15(21)18(14)22-17;1-6-3-2-4(5)7/h4-10,22H,1-3H2;6H,2-3H2,1H3,(H2,5,7). The Bertz CT molecular complexity index is 995. The number of halogens is 3. The van der Waals surface area contributed by atoms with Crippen molar-refractivity contribution in [3.63, 3.8) is 0 Å². The first-order valence-electron chi connectivity index (χ1n) is 9.60. The molecule has 154 valence electrons. The highest BCUT2D eigenvalue weighted by Crippen LogP contribution is 2.45. The summed E-state index contributed by atoms with van der Waals surface area (Å²) in [5.74, 6) is -1.44. The maximum atomic E-state index is 14.1. The lowest BCUT2D eigenvalue weighted by Gasteiger charge is -2.26. The van der Waals surface area contributed by atoms with Gasteiger partial charge in [-0.3, -0.25) is 4.79 Å². The van der Waals surface area contributed by atoms with E-state index in [1.54, 1.807) is 19.2 Å². The predicted molar refractivity (Wildman–Crippen MR) is 108 cm³/mol. The molecule has 7 heteroatoms. The molecule has 0 radical (unpaired) electrons. The Balaban J connectivity index is 0.000000298. The number of primary amides is 1. The number of rotatable bonds is 5. The van der Waals surface area contributed by atoms with Gasteiger partial charge in [0.15, 0.2) is 0 Å². The quantitative estimate of drug-likeness (QED) is 0.583. The number of benzene rings is 2. The molecule has 1 amide bonds. The Labute approximate surface area is 167 Å². The summed E-state index contributed by atoms with van der Waals surface area (Å²) in [5.41, 5.74) is 7.63. The van der Waals surface area contributed by atoms with Crippen LogP contribution in [0.25, 0.3) is 22.2 Å². The Morgan fingerprint density at radius 3 is 2.34 bits per heavy atom. The zero-order valence-corrected chi connectivity index (χ0v) is 16.2. The van der Waals surface area contributed by atoms with Gasteiger partial charge < -0.3 is 16.0 Å². The molecule has 1 saturated carbocycles. The molecular formula is C22H24F3N3O. The molecular weight excluding hydrogens is 379 g/mol. The number of hydrogen-bond donors (Lipinski definition) is 3. The van der Waals surface area contributed by atoms with E-state index in [9.17, 15) is 18.0 Å². The van der Waals surface area contributed by atoms with Gasteiger partial charge in [-0.15, -0.1) is 0 Å². The van der Waals surface area contributed by atoms with E-state index < -0.39 is 11.6 Å². The minimum Gasteiger partial charge on any atom is -0.370 e. The Kier molecular flexibility index (Phi) is 6.59. The molecule has 4 nitrogen and oxygen atoms in total. The van der Waals surface area contributed by atoms with Crippen molar-refractivity contribution in [3.8, 4) is 11.3 Å². The lowest BCUT2D eigenvalue weighted by Crippen LogP contribution is -2.18. The monoisotopic (exact) mass is 403 g/mol. The van der Waals surface area contributed by atoms with E-state index in [4.69, 9.17) is 5.73 Å². The molecule has 0 atom stereocenters. The number of aromatic nitrogens is 1. The lowest BCUT2D eigenvalue weighted by atomic mass is 9.78. The molecule has 1 aromatic heterocycles. The fraction of sp³-hybridized carbons (Fsp3) is 0.318. The van der Waals surface area contributed by atoms with E-state index >= 15 is 0 Å². The van der Waals surface area contributed by atoms with Gasteiger partial charge in [-0.1, -0.05) is 6.42 Å². The van der Waals surface area contributed by atoms with Gasteiger partial charge in [-0.25, -0.2) is 13.2 Å². The largest absolute Gasteiger partial charge is 0.370 e. The lowest BCUT2D eigenvalue weighted by molar-refractivity contribution is -0.117. The highest BCUT2D eigenvalue weighted by molar-refractivity contribution is 5.92. The number of amides is 1. The molecule has 0 unspecified atom stereocenters. The summed E-state index contributed by atoms with van der Waals surface area (Å²) in [6, 6.07) is 8.35. The third-order valence-electron chi connectivity index (χ3n) is 5.13. The second-order valence-electron chi connectivity index (χ2n) is 7.18. The zero-order valence-electron chi connectivity index (χ0n) is 16.2. The van der Waals surface area contributed by atoms with Crippen LogP contribution < -0.4 is 11.1 Å². The van der Waals surface area contributed by atoms with E-state index in [0.717, 1.165) is 42.1 Å². The minimum absolute atomic E-state index is 0.255. The van der Waals surface area contributed by atoms with Crippen LogP contribution in [0, 0.1) is 17.5 Å². The summed E-state index contributed by atoms with van der Waals surface area (Å²) < 4.78 is 40.8. The highest BCUT2D eigenvalue weighted by atomic mass is 19.1. The Morgan fingerprint density at radius 2 is 1.83 bits per heavy atom. The number of hydrogen-bond acceptors (Lipinski definition) is 2. The highest BCUT2D eigenvalue weighted by Gasteiger charge is 2.27. The number of carbonyl (C=O) groups excluding carboxylic acids is 1. The van der Waals surface area contributed by atoms with Crippen molar-refractivity contribution in [1.82, 2.24) is 10.3 Å². The average molecular weight is 403 g/mol. The van der Waals surface area contributed by atoms with Crippen LogP contribution >= 0.6 is 0 Å². The third kappa shape index (κ3) is 4.79. The van der Waals surface area contributed by atoms with Gasteiger partial charge in [0, 0.05) is 24.4 Å². The van der Waals surface area contributed by atoms with E-state index in [1.807, 2.05) is 0 Å². The molecule has 0 bridgehead atoms. The smallest absolute Gasteiger partial charge is 0.218 e. The number of nitrogens with one attached hydrogen (secondary N) is 2. The third-order valence-corrected chi connectivity index (χ3v) is 5.13. The van der Waals surface area contributed by atoms with Gasteiger partial charge in [-0.05, 0) is 67.3 Å². The number of aromatic amines is 1. The van der Waals surface area contributed by atoms with Crippen molar-refractivity contribution in [2.45, 2.75) is 31.6 Å². The number of carbonyl (C=O) groups is 1. The fourth-order valence-corrected chi connectivity index (χ4v) is 3.45. The van der Waals surface area contributed by atoms with Gasteiger partial charge >= 0.3 is 0 Å². The van der Waals surface area contributed by atoms with Crippen LogP contribution in [-0.2, 0) is 4.79 Å². The number of nitrogens with two attached hydrogens (primary N) is 1. The van der Waals surface area contributed by atoms with Crippen molar-refractivity contribution in [2.75, 3.05) is 13.6 Å². The molecule has 2 aromatic carbocycles. The summed E-state index contributed by atoms with van der Waals surface area (Å²) >= 11 is 0. The molecule has 4 rings (SSSR count).